The Labute approximate surface area is 119 Å². The van der Waals surface area contributed by atoms with E-state index in [0.29, 0.717) is 24.5 Å². The van der Waals surface area contributed by atoms with Gasteiger partial charge in [-0.25, -0.2) is 9.37 Å². The lowest BCUT2D eigenvalue weighted by Gasteiger charge is -2.23. The molecule has 1 aromatic heterocycles. The Hall–Kier alpha value is -1.94. The van der Waals surface area contributed by atoms with Crippen LogP contribution >= 0.6 is 0 Å². The normalized spacial score (nSPS) is 10.6. The lowest BCUT2D eigenvalue weighted by atomic mass is 10.2. The van der Waals surface area contributed by atoms with Crippen LogP contribution in [-0.2, 0) is 6.54 Å². The number of halogens is 1. The molecule has 0 unspecified atom stereocenters. The molecule has 0 radical (unpaired) electrons. The summed E-state index contributed by atoms with van der Waals surface area (Å²) in [6.07, 6.45) is 1.65. The summed E-state index contributed by atoms with van der Waals surface area (Å²) in [6.45, 7) is 5.18. The van der Waals surface area contributed by atoms with Crippen LogP contribution in [0.1, 0.15) is 18.1 Å². The molecule has 2 rings (SSSR count). The number of nitrogens with one attached hydrogen (secondary N) is 1. The van der Waals surface area contributed by atoms with Crippen molar-refractivity contribution in [3.05, 3.63) is 53.5 Å². The maximum atomic E-state index is 14.5. The zero-order chi connectivity index (χ0) is 14.5. The highest BCUT2D eigenvalue weighted by atomic mass is 19.1. The molecule has 3 nitrogen and oxygen atoms in total. The number of benzene rings is 1. The first-order chi connectivity index (χ1) is 9.67. The van der Waals surface area contributed by atoms with E-state index < -0.39 is 0 Å². The summed E-state index contributed by atoms with van der Waals surface area (Å²) in [5, 5.41) is 2.97. The summed E-state index contributed by atoms with van der Waals surface area (Å²) >= 11 is 0. The van der Waals surface area contributed by atoms with Crippen LogP contribution in [0, 0.1) is 12.7 Å². The second-order valence-electron chi connectivity index (χ2n) is 4.72. The molecule has 0 amide bonds. The number of anilines is 2. The second kappa shape index (κ2) is 6.48. The van der Waals surface area contributed by atoms with Gasteiger partial charge in [-0.2, -0.15) is 0 Å². The van der Waals surface area contributed by atoms with Crippen molar-refractivity contribution < 1.29 is 4.39 Å². The number of rotatable bonds is 5. The van der Waals surface area contributed by atoms with Crippen LogP contribution in [0.5, 0.6) is 0 Å². The van der Waals surface area contributed by atoms with Gasteiger partial charge >= 0.3 is 0 Å². The Kier molecular flexibility index (Phi) is 4.69. The number of aromatic nitrogens is 1. The first-order valence-corrected chi connectivity index (χ1v) is 6.79. The van der Waals surface area contributed by atoms with Gasteiger partial charge in [-0.3, -0.25) is 0 Å². The van der Waals surface area contributed by atoms with Gasteiger partial charge in [0.15, 0.2) is 11.6 Å². The third-order valence-electron chi connectivity index (χ3n) is 3.24. The Morgan fingerprint density at radius 1 is 1.20 bits per heavy atom. The quantitative estimate of drug-likeness (QED) is 0.905. The van der Waals surface area contributed by atoms with Crippen LogP contribution in [0.2, 0.25) is 0 Å². The van der Waals surface area contributed by atoms with E-state index in [1.165, 1.54) is 5.56 Å². The molecule has 106 valence electrons. The minimum atomic E-state index is -0.260. The number of aryl methyl sites for hydroxylation is 1. The zero-order valence-corrected chi connectivity index (χ0v) is 12.2. The Balaban J connectivity index is 2.41. The van der Waals surface area contributed by atoms with E-state index in [-0.39, 0.29) is 5.82 Å². The predicted octanol–water partition coefficient (Wildman–Crippen LogP) is 3.41. The van der Waals surface area contributed by atoms with Gasteiger partial charge in [0, 0.05) is 30.5 Å². The average molecular weight is 273 g/mol. The third kappa shape index (κ3) is 2.96. The molecule has 2 aromatic rings. The van der Waals surface area contributed by atoms with Crippen molar-refractivity contribution in [2.24, 2.45) is 0 Å². The van der Waals surface area contributed by atoms with Gasteiger partial charge in [0.2, 0.25) is 0 Å². The SMILES string of the molecule is CCN(c1ccc(C)cc1)c1nccc(CNC)c1F. The van der Waals surface area contributed by atoms with Crippen LogP contribution in [-0.4, -0.2) is 18.6 Å². The van der Waals surface area contributed by atoms with Crippen molar-refractivity contribution in [3.63, 3.8) is 0 Å². The van der Waals surface area contributed by atoms with Crippen LogP contribution in [0.4, 0.5) is 15.9 Å². The first-order valence-electron chi connectivity index (χ1n) is 6.79. The fourth-order valence-corrected chi connectivity index (χ4v) is 2.17. The van der Waals surface area contributed by atoms with Crippen LogP contribution in [0.3, 0.4) is 0 Å². The van der Waals surface area contributed by atoms with Crippen molar-refractivity contribution >= 4 is 11.5 Å². The molecular weight excluding hydrogens is 253 g/mol. The van der Waals surface area contributed by atoms with Crippen molar-refractivity contribution in [2.45, 2.75) is 20.4 Å². The van der Waals surface area contributed by atoms with Crippen LogP contribution < -0.4 is 10.2 Å². The van der Waals surface area contributed by atoms with E-state index in [0.717, 1.165) is 5.69 Å². The van der Waals surface area contributed by atoms with Gasteiger partial charge in [0.1, 0.15) is 0 Å². The molecule has 0 aliphatic carbocycles. The second-order valence-corrected chi connectivity index (χ2v) is 4.72. The fraction of sp³-hybridized carbons (Fsp3) is 0.312. The third-order valence-corrected chi connectivity index (χ3v) is 3.24. The molecular formula is C16H20FN3. The van der Waals surface area contributed by atoms with Crippen molar-refractivity contribution in [2.75, 3.05) is 18.5 Å². The lowest BCUT2D eigenvalue weighted by Crippen LogP contribution is -2.20. The minimum Gasteiger partial charge on any atom is -0.324 e. The topological polar surface area (TPSA) is 28.2 Å². The number of hydrogen-bond donors (Lipinski definition) is 1. The van der Waals surface area contributed by atoms with Gasteiger partial charge in [-0.1, -0.05) is 17.7 Å². The monoisotopic (exact) mass is 273 g/mol. The van der Waals surface area contributed by atoms with Crippen molar-refractivity contribution in [1.29, 1.82) is 0 Å². The molecule has 1 N–H and O–H groups in total. The number of pyridine rings is 1. The maximum absolute atomic E-state index is 14.5. The van der Waals surface area contributed by atoms with Crippen LogP contribution in [0.25, 0.3) is 0 Å². The van der Waals surface area contributed by atoms with Gasteiger partial charge in [-0.15, -0.1) is 0 Å². The van der Waals surface area contributed by atoms with Gasteiger partial charge < -0.3 is 10.2 Å². The van der Waals surface area contributed by atoms with Crippen LogP contribution in [0.15, 0.2) is 36.5 Å². The fourth-order valence-electron chi connectivity index (χ4n) is 2.17. The molecule has 1 heterocycles. The molecule has 4 heteroatoms. The number of hydrogen-bond acceptors (Lipinski definition) is 3. The summed E-state index contributed by atoms with van der Waals surface area (Å²) in [4.78, 5) is 6.10. The molecule has 0 spiro atoms. The lowest BCUT2D eigenvalue weighted by molar-refractivity contribution is 0.593. The van der Waals surface area contributed by atoms with E-state index in [1.54, 1.807) is 19.3 Å². The zero-order valence-electron chi connectivity index (χ0n) is 12.2. The molecule has 0 fully saturated rings. The smallest absolute Gasteiger partial charge is 0.170 e. The summed E-state index contributed by atoms with van der Waals surface area (Å²) < 4.78 is 14.5. The molecule has 1 aromatic carbocycles. The highest BCUT2D eigenvalue weighted by molar-refractivity contribution is 5.61. The summed E-state index contributed by atoms with van der Waals surface area (Å²) in [5.41, 5.74) is 2.76. The Morgan fingerprint density at radius 2 is 1.90 bits per heavy atom. The molecule has 20 heavy (non-hydrogen) atoms. The van der Waals surface area contributed by atoms with Gasteiger partial charge in [0.05, 0.1) is 0 Å². The summed E-state index contributed by atoms with van der Waals surface area (Å²) in [7, 11) is 1.80. The van der Waals surface area contributed by atoms with E-state index in [9.17, 15) is 4.39 Å². The van der Waals surface area contributed by atoms with Crippen molar-refractivity contribution in [1.82, 2.24) is 10.3 Å². The van der Waals surface area contributed by atoms with Gasteiger partial charge in [0.25, 0.3) is 0 Å². The molecule has 0 saturated heterocycles. The molecule has 0 aliphatic heterocycles. The van der Waals surface area contributed by atoms with Gasteiger partial charge in [-0.05, 0) is 39.1 Å². The first kappa shape index (κ1) is 14.5. The predicted molar refractivity (Wildman–Crippen MR) is 80.8 cm³/mol. The highest BCUT2D eigenvalue weighted by Crippen LogP contribution is 2.27. The molecule has 0 bridgehead atoms. The molecule has 0 saturated carbocycles. The van der Waals surface area contributed by atoms with Crippen molar-refractivity contribution in [3.8, 4) is 0 Å². The maximum Gasteiger partial charge on any atom is 0.170 e. The van der Waals surface area contributed by atoms with E-state index in [1.807, 2.05) is 43.0 Å². The summed E-state index contributed by atoms with van der Waals surface area (Å²) in [6, 6.07) is 9.73. The standard InChI is InChI=1S/C16H20FN3/c1-4-20(14-7-5-12(2)6-8-14)16-15(17)13(11-18-3)9-10-19-16/h5-10,18H,4,11H2,1-3H3. The molecule has 0 atom stereocenters. The Morgan fingerprint density at radius 3 is 2.50 bits per heavy atom. The largest absolute Gasteiger partial charge is 0.324 e. The minimum absolute atomic E-state index is 0.260. The number of nitrogens with zero attached hydrogens (tertiary/aromatic N) is 2. The van der Waals surface area contributed by atoms with E-state index in [2.05, 4.69) is 10.3 Å². The van der Waals surface area contributed by atoms with E-state index in [4.69, 9.17) is 0 Å². The molecule has 0 aliphatic rings. The summed E-state index contributed by atoms with van der Waals surface area (Å²) in [5.74, 6) is 0.119. The Bertz CT molecular complexity index is 566. The highest BCUT2D eigenvalue weighted by Gasteiger charge is 2.16. The average Bonchev–Trinajstić information content (AvgIpc) is 2.46. The van der Waals surface area contributed by atoms with E-state index >= 15 is 0 Å².